The van der Waals surface area contributed by atoms with Gasteiger partial charge in [0.05, 0.1) is 37.0 Å². The third-order valence-electron chi connectivity index (χ3n) is 6.88. The summed E-state index contributed by atoms with van der Waals surface area (Å²) < 4.78 is 33.6. The van der Waals surface area contributed by atoms with E-state index in [0.717, 1.165) is 6.42 Å². The molecule has 0 spiro atoms. The van der Waals surface area contributed by atoms with Crippen LogP contribution in [0.3, 0.4) is 0 Å². The minimum atomic E-state index is -0.855. The fourth-order valence-electron chi connectivity index (χ4n) is 4.85. The number of carbonyl (C=O) groups excluding carboxylic acids is 2. The lowest BCUT2D eigenvalue weighted by Gasteiger charge is -2.23. The van der Waals surface area contributed by atoms with E-state index < -0.39 is 29.0 Å². The summed E-state index contributed by atoms with van der Waals surface area (Å²) in [5.41, 5.74) is 0.728. The zero-order valence-corrected chi connectivity index (χ0v) is 25.7. The lowest BCUT2D eigenvalue weighted by atomic mass is 10.0. The fourth-order valence-corrected chi connectivity index (χ4v) is 4.85. The molecule has 44 heavy (non-hydrogen) atoms. The number of fused-ring (bicyclic) bond motifs is 1. The van der Waals surface area contributed by atoms with Crippen LogP contribution in [-0.4, -0.2) is 51.8 Å². The molecule has 4 aromatic rings. The third kappa shape index (κ3) is 8.03. The van der Waals surface area contributed by atoms with Gasteiger partial charge in [-0.05, 0) is 63.4 Å². The van der Waals surface area contributed by atoms with Gasteiger partial charge < -0.3 is 29.1 Å². The number of Topliss-reactive ketones (excluding diaryl/α,β-unsaturated/α-hetero) is 1. The van der Waals surface area contributed by atoms with Crippen LogP contribution < -0.4 is 20.2 Å². The molecule has 0 bridgehead atoms. The number of alkyl carbamates (subject to hydrolysis) is 1. The molecular formula is C33H39FN4O6. The number of hydrogen-bond donors (Lipinski definition) is 2. The first-order valence-corrected chi connectivity index (χ1v) is 14.6. The van der Waals surface area contributed by atoms with Crippen molar-refractivity contribution in [2.75, 3.05) is 13.7 Å². The number of H-pyrrole nitrogens is 1. The van der Waals surface area contributed by atoms with Crippen LogP contribution in [0.5, 0.6) is 11.5 Å². The molecule has 11 heteroatoms. The van der Waals surface area contributed by atoms with Gasteiger partial charge in [0.15, 0.2) is 11.2 Å². The molecule has 0 saturated heterocycles. The van der Waals surface area contributed by atoms with Crippen LogP contribution in [0.1, 0.15) is 52.7 Å². The van der Waals surface area contributed by atoms with Crippen LogP contribution in [0.4, 0.5) is 9.18 Å². The number of aromatic nitrogens is 3. The number of aromatic amines is 1. The number of nitrogens with zero attached hydrogens (tertiary/aromatic N) is 2. The average Bonchev–Trinajstić information content (AvgIpc) is 3.49. The van der Waals surface area contributed by atoms with Crippen molar-refractivity contribution in [2.45, 2.75) is 71.6 Å². The summed E-state index contributed by atoms with van der Waals surface area (Å²) in [6.07, 6.45) is 5.46. The molecule has 1 atom stereocenters. The number of rotatable bonds is 13. The molecule has 2 N–H and O–H groups in total. The Kier molecular flexibility index (Phi) is 10.4. The predicted molar refractivity (Wildman–Crippen MR) is 166 cm³/mol. The molecule has 0 aliphatic heterocycles. The summed E-state index contributed by atoms with van der Waals surface area (Å²) in [6.45, 7) is 7.86. The lowest BCUT2D eigenvalue weighted by Crippen LogP contribution is -2.44. The van der Waals surface area contributed by atoms with Gasteiger partial charge in [-0.1, -0.05) is 19.1 Å². The van der Waals surface area contributed by atoms with Crippen molar-refractivity contribution in [3.63, 3.8) is 0 Å². The van der Waals surface area contributed by atoms with Crippen LogP contribution >= 0.6 is 0 Å². The number of nitrogens with one attached hydrogen (secondary N) is 2. The number of ketones is 1. The Morgan fingerprint density at radius 1 is 1.14 bits per heavy atom. The van der Waals surface area contributed by atoms with Crippen LogP contribution in [-0.2, 0) is 22.5 Å². The van der Waals surface area contributed by atoms with E-state index in [2.05, 4.69) is 15.3 Å². The number of ether oxygens (including phenoxy) is 3. The number of aryl methyl sites for hydroxylation is 1. The number of carbonyl (C=O) groups is 2. The quantitative estimate of drug-likeness (QED) is 0.197. The Hall–Kier alpha value is -4.67. The van der Waals surface area contributed by atoms with Gasteiger partial charge in [-0.3, -0.25) is 9.59 Å². The van der Waals surface area contributed by atoms with E-state index in [9.17, 15) is 14.4 Å². The van der Waals surface area contributed by atoms with E-state index in [1.165, 1.54) is 18.5 Å². The zero-order chi connectivity index (χ0) is 31.9. The first-order valence-electron chi connectivity index (χ1n) is 14.6. The summed E-state index contributed by atoms with van der Waals surface area (Å²) in [7, 11) is 1.55. The Morgan fingerprint density at radius 2 is 1.89 bits per heavy atom. The lowest BCUT2D eigenvalue weighted by molar-refractivity contribution is -0.121. The highest BCUT2D eigenvalue weighted by atomic mass is 19.1. The smallest absolute Gasteiger partial charge is 0.408 e. The van der Waals surface area contributed by atoms with Crippen LogP contribution in [0.2, 0.25) is 0 Å². The number of amides is 1. The number of benzene rings is 2. The summed E-state index contributed by atoms with van der Waals surface area (Å²) in [6, 6.07) is 8.86. The molecule has 2 heterocycles. The summed E-state index contributed by atoms with van der Waals surface area (Å²) in [5, 5.41) is 2.61. The number of hydrogen-bond acceptors (Lipinski definition) is 7. The molecule has 0 aliphatic carbocycles. The van der Waals surface area contributed by atoms with Crippen LogP contribution in [0, 0.1) is 5.82 Å². The Morgan fingerprint density at radius 3 is 2.52 bits per heavy atom. The molecule has 0 unspecified atom stereocenters. The largest absolute Gasteiger partial charge is 0.497 e. The van der Waals surface area contributed by atoms with E-state index in [-0.39, 0.29) is 30.6 Å². The second-order valence-corrected chi connectivity index (χ2v) is 11.5. The minimum absolute atomic E-state index is 0.0815. The van der Waals surface area contributed by atoms with Gasteiger partial charge in [0.25, 0.3) is 0 Å². The third-order valence-corrected chi connectivity index (χ3v) is 6.88. The van der Waals surface area contributed by atoms with Crippen LogP contribution in [0.15, 0.2) is 59.9 Å². The second kappa shape index (κ2) is 14.2. The topological polar surface area (TPSA) is 125 Å². The number of methoxy groups -OCH3 is 1. The molecule has 2 aromatic carbocycles. The maximum Gasteiger partial charge on any atom is 0.408 e. The summed E-state index contributed by atoms with van der Waals surface area (Å²) >= 11 is 0. The molecular weight excluding hydrogens is 567 g/mol. The predicted octanol–water partition coefficient (Wildman–Crippen LogP) is 5.81. The monoisotopic (exact) mass is 606 g/mol. The Balaban J connectivity index is 1.65. The number of imidazole rings is 1. The highest BCUT2D eigenvalue weighted by molar-refractivity contribution is 5.90. The van der Waals surface area contributed by atoms with Gasteiger partial charge in [0.2, 0.25) is 0 Å². The Bertz CT molecular complexity index is 1640. The van der Waals surface area contributed by atoms with E-state index in [4.69, 9.17) is 14.2 Å². The second-order valence-electron chi connectivity index (χ2n) is 11.5. The van der Waals surface area contributed by atoms with Crippen molar-refractivity contribution in [3.8, 4) is 22.6 Å². The van der Waals surface area contributed by atoms with Gasteiger partial charge in [0.1, 0.15) is 22.9 Å². The van der Waals surface area contributed by atoms with Gasteiger partial charge in [0, 0.05) is 43.0 Å². The van der Waals surface area contributed by atoms with Gasteiger partial charge in [-0.2, -0.15) is 0 Å². The molecule has 0 aliphatic rings. The first-order chi connectivity index (χ1) is 21.0. The number of halogens is 1. The first kappa shape index (κ1) is 32.2. The molecule has 0 fully saturated rings. The summed E-state index contributed by atoms with van der Waals surface area (Å²) in [5.74, 6) is 0.145. The molecule has 0 saturated carbocycles. The summed E-state index contributed by atoms with van der Waals surface area (Å²) in [4.78, 5) is 46.6. The van der Waals surface area contributed by atoms with Crippen molar-refractivity contribution < 1.29 is 28.2 Å². The van der Waals surface area contributed by atoms with Crippen molar-refractivity contribution in [3.05, 3.63) is 76.9 Å². The van der Waals surface area contributed by atoms with E-state index in [1.54, 1.807) is 69.1 Å². The molecule has 10 nitrogen and oxygen atoms in total. The van der Waals surface area contributed by atoms with Crippen molar-refractivity contribution in [1.29, 1.82) is 0 Å². The molecule has 0 radical (unpaired) electrons. The van der Waals surface area contributed by atoms with Crippen molar-refractivity contribution in [1.82, 2.24) is 19.9 Å². The van der Waals surface area contributed by atoms with Crippen molar-refractivity contribution >= 4 is 22.8 Å². The van der Waals surface area contributed by atoms with E-state index in [0.29, 0.717) is 46.9 Å². The SMILES string of the molecule is CCCOc1ccc(F)c2c(=O)c(-c3ccc(OC)cc3)cn(CCCC(=O)[C@H](Cc3cnc[nH]3)NC(=O)OC(C)(C)C)c12. The minimum Gasteiger partial charge on any atom is -0.497 e. The van der Waals surface area contributed by atoms with Crippen LogP contribution in [0.25, 0.3) is 22.0 Å². The fraction of sp³-hybridized carbons (Fsp3) is 0.394. The molecule has 1 amide bonds. The zero-order valence-electron chi connectivity index (χ0n) is 25.7. The normalized spacial score (nSPS) is 12.1. The maximum atomic E-state index is 15.3. The maximum absolute atomic E-state index is 15.3. The van der Waals surface area contributed by atoms with Crippen molar-refractivity contribution in [2.24, 2.45) is 0 Å². The van der Waals surface area contributed by atoms with Gasteiger partial charge >= 0.3 is 6.09 Å². The highest BCUT2D eigenvalue weighted by Gasteiger charge is 2.25. The number of pyridine rings is 1. The molecule has 234 valence electrons. The molecule has 2 aromatic heterocycles. The average molecular weight is 607 g/mol. The van der Waals surface area contributed by atoms with Gasteiger partial charge in [-0.25, -0.2) is 14.2 Å². The van der Waals surface area contributed by atoms with Gasteiger partial charge in [-0.15, -0.1) is 0 Å². The highest BCUT2D eigenvalue weighted by Crippen LogP contribution is 2.30. The van der Waals surface area contributed by atoms with E-state index in [1.807, 2.05) is 6.92 Å². The molecule has 4 rings (SSSR count). The standard InChI is InChI=1S/C33H39FN4O6/c1-6-16-43-28-14-13-25(34)29-30(28)38(19-24(31(29)40)21-9-11-23(42-5)12-10-21)15-7-8-27(39)26(17-22-18-35-20-36-22)37-32(41)44-33(2,3)4/h9-14,18-20,26H,6-8,15-17H2,1-5H3,(H,35,36)(H,37,41)/t26-/m0/s1. The Labute approximate surface area is 255 Å². The van der Waals surface area contributed by atoms with E-state index >= 15 is 4.39 Å².